The van der Waals surface area contributed by atoms with Crippen LogP contribution in [0.1, 0.15) is 5.56 Å². The Morgan fingerprint density at radius 3 is 2.31 bits per heavy atom. The van der Waals surface area contributed by atoms with Crippen molar-refractivity contribution in [2.45, 2.75) is 23.5 Å². The molecule has 188 valence electrons. The van der Waals surface area contributed by atoms with E-state index in [9.17, 15) is 23.7 Å². The first-order valence-corrected chi connectivity index (χ1v) is 12.5. The largest absolute Gasteiger partial charge is 0.506 e. The normalized spacial score (nSPS) is 13.1. The number of benzene rings is 3. The number of sulfonamides is 1. The molecule has 0 aliphatic carbocycles. The number of phenols is 1. The molecular weight excluding hydrogens is 472 g/mol. The Labute approximate surface area is 205 Å². The van der Waals surface area contributed by atoms with Crippen molar-refractivity contribution in [2.24, 2.45) is 0 Å². The molecule has 0 aliphatic rings. The summed E-state index contributed by atoms with van der Waals surface area (Å²) >= 11 is 0. The average Bonchev–Trinajstić information content (AvgIpc) is 2.87. The molecule has 3 aromatic carbocycles. The van der Waals surface area contributed by atoms with Crippen LogP contribution < -0.4 is 19.5 Å². The van der Waals surface area contributed by atoms with Gasteiger partial charge in [-0.3, -0.25) is 4.72 Å². The Hall–Kier alpha value is -3.31. The van der Waals surface area contributed by atoms with Crippen LogP contribution in [0.3, 0.4) is 0 Å². The zero-order valence-electron chi connectivity index (χ0n) is 19.3. The smallest absolute Gasteiger partial charge is 0.262 e. The van der Waals surface area contributed by atoms with Gasteiger partial charge in [0, 0.05) is 18.7 Å². The zero-order chi connectivity index (χ0) is 25.3. The Morgan fingerprint density at radius 1 is 0.971 bits per heavy atom. The van der Waals surface area contributed by atoms with Gasteiger partial charge in [0.15, 0.2) is 0 Å². The Kier molecular flexibility index (Phi) is 9.32. The average molecular weight is 503 g/mol. The summed E-state index contributed by atoms with van der Waals surface area (Å²) in [4.78, 5) is 0.0558. The highest BCUT2D eigenvalue weighted by molar-refractivity contribution is 7.92. The summed E-state index contributed by atoms with van der Waals surface area (Å²) in [5.41, 5.74) is 0.969. The second-order valence-electron chi connectivity index (χ2n) is 7.90. The number of anilines is 1. The van der Waals surface area contributed by atoms with Crippen molar-refractivity contribution in [1.29, 1.82) is 0 Å². The molecule has 0 aliphatic heterocycles. The van der Waals surface area contributed by atoms with E-state index < -0.39 is 16.1 Å². The molecule has 2 atom stereocenters. The van der Waals surface area contributed by atoms with Gasteiger partial charge in [-0.05, 0) is 48.4 Å². The van der Waals surface area contributed by atoms with Crippen molar-refractivity contribution >= 4 is 15.7 Å². The van der Waals surface area contributed by atoms with E-state index in [2.05, 4.69) is 10.0 Å². The molecule has 0 saturated carbocycles. The molecule has 0 heterocycles. The zero-order valence-corrected chi connectivity index (χ0v) is 20.1. The highest BCUT2D eigenvalue weighted by Crippen LogP contribution is 2.30. The molecule has 35 heavy (non-hydrogen) atoms. The second-order valence-corrected chi connectivity index (χ2v) is 9.58. The number of methoxy groups -OCH3 is 1. The number of ether oxygens (including phenoxy) is 2. The minimum absolute atomic E-state index is 0.0428. The summed E-state index contributed by atoms with van der Waals surface area (Å²) in [6, 6.07) is 19.2. The highest BCUT2D eigenvalue weighted by atomic mass is 32.2. The molecule has 5 N–H and O–H groups in total. The summed E-state index contributed by atoms with van der Waals surface area (Å²) in [7, 11) is -2.29. The fourth-order valence-electron chi connectivity index (χ4n) is 3.29. The third kappa shape index (κ3) is 7.86. The van der Waals surface area contributed by atoms with E-state index in [0.29, 0.717) is 6.42 Å². The number of rotatable bonds is 13. The number of hydrogen-bond acceptors (Lipinski definition) is 8. The van der Waals surface area contributed by atoms with Gasteiger partial charge in [0.1, 0.15) is 30.0 Å². The van der Waals surface area contributed by atoms with Gasteiger partial charge in [-0.15, -0.1) is 0 Å². The van der Waals surface area contributed by atoms with E-state index in [4.69, 9.17) is 9.47 Å². The first-order valence-electron chi connectivity index (χ1n) is 11.0. The van der Waals surface area contributed by atoms with Crippen molar-refractivity contribution in [3.05, 3.63) is 78.4 Å². The third-order valence-corrected chi connectivity index (χ3v) is 6.59. The van der Waals surface area contributed by atoms with Crippen LogP contribution in [0.4, 0.5) is 5.69 Å². The minimum atomic E-state index is -3.89. The number of nitrogens with one attached hydrogen (secondary N) is 2. The summed E-state index contributed by atoms with van der Waals surface area (Å²) in [5.74, 6) is 0.757. The summed E-state index contributed by atoms with van der Waals surface area (Å²) in [6.45, 7) is -0.0151. The Bertz CT molecular complexity index is 1170. The number of hydrogen-bond donors (Lipinski definition) is 5. The second kappa shape index (κ2) is 12.4. The molecule has 0 aromatic heterocycles. The van der Waals surface area contributed by atoms with Gasteiger partial charge in [-0.2, -0.15) is 0 Å². The van der Waals surface area contributed by atoms with Crippen molar-refractivity contribution in [3.63, 3.8) is 0 Å². The van der Waals surface area contributed by atoms with Crippen LogP contribution in [0, 0.1) is 0 Å². The molecule has 0 amide bonds. The van der Waals surface area contributed by atoms with E-state index >= 15 is 0 Å². The number of aliphatic hydroxyl groups excluding tert-OH is 2. The minimum Gasteiger partial charge on any atom is -0.506 e. The quantitative estimate of drug-likeness (QED) is 0.224. The number of aliphatic hydroxyl groups is 2. The molecule has 0 bridgehead atoms. The van der Waals surface area contributed by atoms with Gasteiger partial charge in [0.05, 0.1) is 24.3 Å². The molecule has 0 unspecified atom stereocenters. The van der Waals surface area contributed by atoms with Crippen LogP contribution in [-0.4, -0.2) is 62.8 Å². The predicted molar refractivity (Wildman–Crippen MR) is 132 cm³/mol. The van der Waals surface area contributed by atoms with E-state index in [-0.39, 0.29) is 47.9 Å². The molecule has 3 aromatic rings. The maximum atomic E-state index is 12.5. The van der Waals surface area contributed by atoms with E-state index in [1.165, 1.54) is 30.3 Å². The summed E-state index contributed by atoms with van der Waals surface area (Å²) < 4.78 is 38.1. The number of phenolic OH excluding ortho intramolecular Hbond substituents is 1. The SMILES string of the molecule is COc1ccc(C[C@@H](CO)NC[C@H](O)COc2ccc(O)c(NS(=O)(=O)c3ccccc3)c2)cc1. The van der Waals surface area contributed by atoms with Gasteiger partial charge >= 0.3 is 0 Å². The van der Waals surface area contributed by atoms with Gasteiger partial charge < -0.3 is 30.1 Å². The molecule has 3 rings (SSSR count). The lowest BCUT2D eigenvalue weighted by Gasteiger charge is -2.20. The van der Waals surface area contributed by atoms with E-state index in [1.807, 2.05) is 24.3 Å². The van der Waals surface area contributed by atoms with E-state index in [1.54, 1.807) is 25.3 Å². The van der Waals surface area contributed by atoms with Crippen LogP contribution in [0.15, 0.2) is 77.7 Å². The van der Waals surface area contributed by atoms with Gasteiger partial charge in [-0.25, -0.2) is 8.42 Å². The van der Waals surface area contributed by atoms with Crippen molar-refractivity contribution < 1.29 is 33.2 Å². The highest BCUT2D eigenvalue weighted by Gasteiger charge is 2.17. The lowest BCUT2D eigenvalue weighted by Crippen LogP contribution is -2.41. The summed E-state index contributed by atoms with van der Waals surface area (Å²) in [5, 5.41) is 33.1. The van der Waals surface area contributed by atoms with Crippen LogP contribution >= 0.6 is 0 Å². The van der Waals surface area contributed by atoms with Gasteiger partial charge in [0.25, 0.3) is 10.0 Å². The molecule has 10 heteroatoms. The molecule has 0 radical (unpaired) electrons. The lowest BCUT2D eigenvalue weighted by atomic mass is 10.1. The first-order chi connectivity index (χ1) is 16.8. The third-order valence-electron chi connectivity index (χ3n) is 5.21. The maximum Gasteiger partial charge on any atom is 0.262 e. The van der Waals surface area contributed by atoms with Crippen LogP contribution in [0.25, 0.3) is 0 Å². The van der Waals surface area contributed by atoms with Crippen LogP contribution in [-0.2, 0) is 16.4 Å². The molecular formula is C25H30N2O7S. The van der Waals surface area contributed by atoms with Gasteiger partial charge in [0.2, 0.25) is 0 Å². The fraction of sp³-hybridized carbons (Fsp3) is 0.280. The van der Waals surface area contributed by atoms with Crippen molar-refractivity contribution in [2.75, 3.05) is 31.6 Å². The summed E-state index contributed by atoms with van der Waals surface area (Å²) in [6.07, 6.45) is -0.324. The molecule has 0 saturated heterocycles. The predicted octanol–water partition coefficient (Wildman–Crippen LogP) is 2.13. The molecule has 9 nitrogen and oxygen atoms in total. The Morgan fingerprint density at radius 2 is 1.66 bits per heavy atom. The molecule has 0 fully saturated rings. The Balaban J connectivity index is 1.52. The van der Waals surface area contributed by atoms with E-state index in [0.717, 1.165) is 11.3 Å². The van der Waals surface area contributed by atoms with Crippen LogP contribution in [0.5, 0.6) is 17.2 Å². The molecule has 0 spiro atoms. The fourth-order valence-corrected chi connectivity index (χ4v) is 4.38. The maximum absolute atomic E-state index is 12.5. The standard InChI is InChI=1S/C25H30N2O7S/c1-33-21-9-7-18(8-10-21)13-19(16-28)26-15-20(29)17-34-22-11-12-25(30)24(14-22)27-35(31,32)23-5-3-2-4-6-23/h2-12,14,19-20,26-30H,13,15-17H2,1H3/t19-,20-/m0/s1. The van der Waals surface area contributed by atoms with Crippen LogP contribution in [0.2, 0.25) is 0 Å². The van der Waals surface area contributed by atoms with Crippen molar-refractivity contribution in [3.8, 4) is 17.2 Å². The topological polar surface area (TPSA) is 137 Å². The van der Waals surface area contributed by atoms with Gasteiger partial charge in [-0.1, -0.05) is 30.3 Å². The first kappa shape index (κ1) is 26.3. The number of aromatic hydroxyl groups is 1. The van der Waals surface area contributed by atoms with Crippen molar-refractivity contribution in [1.82, 2.24) is 5.32 Å². The monoisotopic (exact) mass is 502 g/mol. The lowest BCUT2D eigenvalue weighted by molar-refractivity contribution is 0.0997.